The normalized spacial score (nSPS) is 9.67. The summed E-state index contributed by atoms with van der Waals surface area (Å²) in [6.07, 6.45) is 6.04. The van der Waals surface area contributed by atoms with Crippen molar-refractivity contribution in [2.75, 3.05) is 7.05 Å². The molecule has 0 atom stereocenters. The third-order valence-corrected chi connectivity index (χ3v) is 1.78. The van der Waals surface area contributed by atoms with Crippen molar-refractivity contribution < 1.29 is 4.79 Å². The lowest BCUT2D eigenvalue weighted by Crippen LogP contribution is -2.07. The van der Waals surface area contributed by atoms with Gasteiger partial charge in [-0.3, -0.25) is 4.79 Å². The van der Waals surface area contributed by atoms with Crippen LogP contribution >= 0.6 is 0 Å². The Morgan fingerprint density at radius 1 is 1.40 bits per heavy atom. The van der Waals surface area contributed by atoms with E-state index in [4.69, 9.17) is 0 Å². The van der Waals surface area contributed by atoms with Crippen molar-refractivity contribution in [3.05, 3.63) is 23.9 Å². The number of aryl methyl sites for hydroxylation is 2. The molecule has 0 bridgehead atoms. The molecule has 1 amide bonds. The molecule has 4 heteroatoms. The first-order valence-electron chi connectivity index (χ1n) is 5.01. The van der Waals surface area contributed by atoms with Crippen LogP contribution in [-0.2, 0) is 4.79 Å². The molecule has 0 aliphatic carbocycles. The molecular weight excluding hydrogens is 190 g/mol. The molecule has 0 spiro atoms. The summed E-state index contributed by atoms with van der Waals surface area (Å²) < 4.78 is 1.92. The standard InChI is InChI=1S/C9H13N3O.C2H6/c1-8-6-10-9(2)12(8)5-4-11(3)7-13;1-2/h4-7H,1-3H3;1-2H3/b5-4-;. The van der Waals surface area contributed by atoms with Crippen molar-refractivity contribution in [3.63, 3.8) is 0 Å². The summed E-state index contributed by atoms with van der Waals surface area (Å²) in [4.78, 5) is 15.9. The second kappa shape index (κ2) is 6.81. The van der Waals surface area contributed by atoms with Gasteiger partial charge in [-0.2, -0.15) is 0 Å². The SMILES string of the molecule is CC.Cc1cnc(C)n1/C=C\N(C)C=O. The van der Waals surface area contributed by atoms with Crippen LogP contribution in [0.5, 0.6) is 0 Å². The van der Waals surface area contributed by atoms with Gasteiger partial charge in [-0.15, -0.1) is 0 Å². The van der Waals surface area contributed by atoms with Gasteiger partial charge in [-0.05, 0) is 13.8 Å². The zero-order valence-electron chi connectivity index (χ0n) is 10.1. The molecule has 84 valence electrons. The summed E-state index contributed by atoms with van der Waals surface area (Å²) in [5.74, 6) is 0.910. The Kier molecular flexibility index (Phi) is 6.09. The Balaban J connectivity index is 0.000000921. The van der Waals surface area contributed by atoms with Crippen molar-refractivity contribution in [2.24, 2.45) is 0 Å². The quantitative estimate of drug-likeness (QED) is 0.714. The van der Waals surface area contributed by atoms with Crippen LogP contribution < -0.4 is 0 Å². The van der Waals surface area contributed by atoms with Crippen molar-refractivity contribution in [2.45, 2.75) is 27.7 Å². The van der Waals surface area contributed by atoms with E-state index in [0.29, 0.717) is 0 Å². The van der Waals surface area contributed by atoms with Gasteiger partial charge in [0.25, 0.3) is 0 Å². The number of hydrogen-bond donors (Lipinski definition) is 0. The fourth-order valence-electron chi connectivity index (χ4n) is 0.999. The Labute approximate surface area is 91.2 Å². The minimum atomic E-state index is 0.748. The zero-order valence-corrected chi connectivity index (χ0v) is 10.1. The van der Waals surface area contributed by atoms with Gasteiger partial charge >= 0.3 is 0 Å². The predicted molar refractivity (Wildman–Crippen MR) is 62.2 cm³/mol. The van der Waals surface area contributed by atoms with Crippen molar-refractivity contribution in [3.8, 4) is 0 Å². The van der Waals surface area contributed by atoms with Crippen LogP contribution in [0, 0.1) is 13.8 Å². The number of hydrogen-bond acceptors (Lipinski definition) is 2. The number of carbonyl (C=O) groups excluding carboxylic acids is 1. The van der Waals surface area contributed by atoms with E-state index in [2.05, 4.69) is 4.98 Å². The maximum absolute atomic E-state index is 10.3. The molecule has 4 nitrogen and oxygen atoms in total. The van der Waals surface area contributed by atoms with Crippen LogP contribution in [0.15, 0.2) is 12.4 Å². The van der Waals surface area contributed by atoms with Crippen LogP contribution in [0.1, 0.15) is 25.4 Å². The molecule has 0 unspecified atom stereocenters. The second-order valence-electron chi connectivity index (χ2n) is 2.89. The van der Waals surface area contributed by atoms with Crippen LogP contribution in [0.25, 0.3) is 6.20 Å². The predicted octanol–water partition coefficient (Wildman–Crippen LogP) is 2.04. The molecule has 0 aliphatic rings. The van der Waals surface area contributed by atoms with Gasteiger partial charge in [0.2, 0.25) is 6.41 Å². The highest BCUT2D eigenvalue weighted by Gasteiger charge is 1.97. The monoisotopic (exact) mass is 209 g/mol. The molecule has 0 fully saturated rings. The van der Waals surface area contributed by atoms with E-state index in [1.54, 1.807) is 19.4 Å². The summed E-state index contributed by atoms with van der Waals surface area (Å²) in [5, 5.41) is 0. The summed E-state index contributed by atoms with van der Waals surface area (Å²) in [7, 11) is 1.69. The van der Waals surface area contributed by atoms with Gasteiger partial charge in [-0.1, -0.05) is 13.8 Å². The van der Waals surface area contributed by atoms with Gasteiger partial charge < -0.3 is 9.47 Å². The van der Waals surface area contributed by atoms with Gasteiger partial charge in [-0.25, -0.2) is 4.98 Å². The average Bonchev–Trinajstić information content (AvgIpc) is 2.58. The number of aromatic nitrogens is 2. The first kappa shape index (κ1) is 13.4. The maximum Gasteiger partial charge on any atom is 0.213 e. The summed E-state index contributed by atoms with van der Waals surface area (Å²) >= 11 is 0. The summed E-state index contributed by atoms with van der Waals surface area (Å²) in [6, 6.07) is 0. The molecule has 15 heavy (non-hydrogen) atoms. The van der Waals surface area contributed by atoms with E-state index < -0.39 is 0 Å². The molecule has 0 saturated carbocycles. The van der Waals surface area contributed by atoms with E-state index in [9.17, 15) is 4.79 Å². The summed E-state index contributed by atoms with van der Waals surface area (Å²) in [5.41, 5.74) is 1.05. The minimum Gasteiger partial charge on any atom is -0.323 e. The number of amides is 1. The molecule has 0 aliphatic heterocycles. The van der Waals surface area contributed by atoms with E-state index in [0.717, 1.165) is 17.9 Å². The Morgan fingerprint density at radius 3 is 2.40 bits per heavy atom. The summed E-state index contributed by atoms with van der Waals surface area (Å²) in [6.45, 7) is 7.88. The fraction of sp³-hybridized carbons (Fsp3) is 0.455. The number of imidazole rings is 1. The van der Waals surface area contributed by atoms with Crippen LogP contribution in [-0.4, -0.2) is 27.9 Å². The number of nitrogens with zero attached hydrogens (tertiary/aromatic N) is 3. The molecular formula is C11H19N3O. The van der Waals surface area contributed by atoms with Gasteiger partial charge in [0.15, 0.2) is 0 Å². The van der Waals surface area contributed by atoms with E-state index >= 15 is 0 Å². The van der Waals surface area contributed by atoms with E-state index in [1.807, 2.05) is 38.5 Å². The van der Waals surface area contributed by atoms with Gasteiger partial charge in [0.05, 0.1) is 0 Å². The number of carbonyl (C=O) groups is 1. The molecule has 0 aromatic carbocycles. The van der Waals surface area contributed by atoms with Crippen molar-refractivity contribution >= 4 is 12.6 Å². The molecule has 1 heterocycles. The lowest BCUT2D eigenvalue weighted by molar-refractivity contribution is -0.114. The van der Waals surface area contributed by atoms with E-state index in [1.165, 1.54) is 4.90 Å². The Bertz CT molecular complexity index is 309. The average molecular weight is 209 g/mol. The van der Waals surface area contributed by atoms with Crippen molar-refractivity contribution in [1.29, 1.82) is 0 Å². The Morgan fingerprint density at radius 2 is 2.00 bits per heavy atom. The molecule has 1 rings (SSSR count). The van der Waals surface area contributed by atoms with Crippen molar-refractivity contribution in [1.82, 2.24) is 14.5 Å². The van der Waals surface area contributed by atoms with Gasteiger partial charge in [0.1, 0.15) is 5.82 Å². The molecule has 0 N–H and O–H groups in total. The maximum atomic E-state index is 10.3. The van der Waals surface area contributed by atoms with Crippen LogP contribution in [0.4, 0.5) is 0 Å². The molecule has 0 radical (unpaired) electrons. The molecule has 1 aromatic rings. The minimum absolute atomic E-state index is 0.748. The lowest BCUT2D eigenvalue weighted by atomic mass is 10.5. The molecule has 0 saturated heterocycles. The highest BCUT2D eigenvalue weighted by molar-refractivity contribution is 5.50. The Hall–Kier alpha value is -1.58. The topological polar surface area (TPSA) is 38.1 Å². The third kappa shape index (κ3) is 3.97. The first-order valence-corrected chi connectivity index (χ1v) is 5.01. The second-order valence-corrected chi connectivity index (χ2v) is 2.89. The van der Waals surface area contributed by atoms with Crippen LogP contribution in [0.2, 0.25) is 0 Å². The smallest absolute Gasteiger partial charge is 0.213 e. The third-order valence-electron chi connectivity index (χ3n) is 1.78. The zero-order chi connectivity index (χ0) is 11.8. The fourth-order valence-corrected chi connectivity index (χ4v) is 0.999. The lowest BCUT2D eigenvalue weighted by Gasteiger charge is -2.04. The largest absolute Gasteiger partial charge is 0.323 e. The van der Waals surface area contributed by atoms with Gasteiger partial charge in [0, 0.05) is 31.3 Å². The van der Waals surface area contributed by atoms with E-state index in [-0.39, 0.29) is 0 Å². The highest BCUT2D eigenvalue weighted by Crippen LogP contribution is 2.03. The van der Waals surface area contributed by atoms with Crippen LogP contribution in [0.3, 0.4) is 0 Å². The number of rotatable bonds is 3. The molecule has 1 aromatic heterocycles. The highest BCUT2D eigenvalue weighted by atomic mass is 16.1. The first-order chi connectivity index (χ1) is 7.15.